The molecule has 0 radical (unpaired) electrons. The molecule has 2 fully saturated rings. The van der Waals surface area contributed by atoms with Gasteiger partial charge in [-0.25, -0.2) is 0 Å². The Kier molecular flexibility index (Phi) is 4.05. The summed E-state index contributed by atoms with van der Waals surface area (Å²) in [5.41, 5.74) is 6.33. The van der Waals surface area contributed by atoms with Gasteiger partial charge in [-0.1, -0.05) is 13.8 Å². The molecular formula is C15H30N2O. The van der Waals surface area contributed by atoms with Gasteiger partial charge < -0.3 is 10.5 Å². The fraction of sp³-hybridized carbons (Fsp3) is 1.00. The minimum atomic E-state index is -0.0262. The van der Waals surface area contributed by atoms with Crippen LogP contribution in [0.25, 0.3) is 0 Å². The first kappa shape index (κ1) is 14.3. The Morgan fingerprint density at radius 3 is 2.33 bits per heavy atom. The van der Waals surface area contributed by atoms with Crippen LogP contribution in [-0.2, 0) is 4.74 Å². The zero-order chi connectivity index (χ0) is 13.4. The number of likely N-dealkylation sites (tertiary alicyclic amines) is 1. The quantitative estimate of drug-likeness (QED) is 0.821. The molecule has 0 aromatic carbocycles. The minimum Gasteiger partial charge on any atom is -0.375 e. The fourth-order valence-electron chi connectivity index (χ4n) is 4.07. The maximum Gasteiger partial charge on any atom is 0.0644 e. The number of hydrogen-bond acceptors (Lipinski definition) is 3. The smallest absolute Gasteiger partial charge is 0.0644 e. The lowest BCUT2D eigenvalue weighted by atomic mass is 9.77. The summed E-state index contributed by atoms with van der Waals surface area (Å²) in [4.78, 5) is 2.68. The predicted molar refractivity (Wildman–Crippen MR) is 75.6 cm³/mol. The maximum atomic E-state index is 6.18. The van der Waals surface area contributed by atoms with Crippen molar-refractivity contribution in [1.82, 2.24) is 4.90 Å². The first-order valence-corrected chi connectivity index (χ1v) is 7.46. The number of hydrogen-bond donors (Lipinski definition) is 1. The average molecular weight is 254 g/mol. The van der Waals surface area contributed by atoms with Gasteiger partial charge in [0.25, 0.3) is 0 Å². The second-order valence-electron chi connectivity index (χ2n) is 7.31. The lowest BCUT2D eigenvalue weighted by Gasteiger charge is -2.53. The normalized spacial score (nSPS) is 41.8. The highest BCUT2D eigenvalue weighted by atomic mass is 16.5. The van der Waals surface area contributed by atoms with Crippen molar-refractivity contribution in [1.29, 1.82) is 0 Å². The van der Waals surface area contributed by atoms with Gasteiger partial charge in [-0.2, -0.15) is 0 Å². The Morgan fingerprint density at radius 1 is 1.22 bits per heavy atom. The van der Waals surface area contributed by atoms with E-state index in [0.29, 0.717) is 0 Å². The lowest BCUT2D eigenvalue weighted by Crippen LogP contribution is -2.63. The van der Waals surface area contributed by atoms with Crippen LogP contribution >= 0.6 is 0 Å². The summed E-state index contributed by atoms with van der Waals surface area (Å²) in [6.07, 6.45) is 3.51. The van der Waals surface area contributed by atoms with Crippen molar-refractivity contribution in [3.05, 3.63) is 0 Å². The molecule has 3 nitrogen and oxygen atoms in total. The van der Waals surface area contributed by atoms with Crippen LogP contribution < -0.4 is 5.73 Å². The third kappa shape index (κ3) is 2.89. The van der Waals surface area contributed by atoms with E-state index in [0.717, 1.165) is 37.8 Å². The fourth-order valence-corrected chi connectivity index (χ4v) is 4.07. The van der Waals surface area contributed by atoms with Crippen LogP contribution in [0.4, 0.5) is 0 Å². The molecule has 0 amide bonds. The van der Waals surface area contributed by atoms with Gasteiger partial charge in [-0.05, 0) is 44.9 Å². The van der Waals surface area contributed by atoms with Crippen molar-refractivity contribution in [3.8, 4) is 0 Å². The highest BCUT2D eigenvalue weighted by Crippen LogP contribution is 2.38. The first-order chi connectivity index (χ1) is 8.37. The van der Waals surface area contributed by atoms with Crippen molar-refractivity contribution < 1.29 is 4.74 Å². The summed E-state index contributed by atoms with van der Waals surface area (Å²) in [5, 5.41) is 0. The number of piperidine rings is 1. The largest absolute Gasteiger partial charge is 0.375 e. The Labute approximate surface area is 112 Å². The number of nitrogens with zero attached hydrogens (tertiary/aromatic N) is 1. The molecule has 106 valence electrons. The molecule has 0 spiro atoms. The van der Waals surface area contributed by atoms with Gasteiger partial charge in [0.1, 0.15) is 0 Å². The van der Waals surface area contributed by atoms with E-state index in [2.05, 4.69) is 32.6 Å². The second-order valence-corrected chi connectivity index (χ2v) is 7.31. The summed E-state index contributed by atoms with van der Waals surface area (Å²) < 4.78 is 5.88. The molecule has 3 heteroatoms. The summed E-state index contributed by atoms with van der Waals surface area (Å²) in [7, 11) is 0. The molecule has 18 heavy (non-hydrogen) atoms. The van der Waals surface area contributed by atoms with Crippen molar-refractivity contribution in [2.45, 2.75) is 58.1 Å². The molecule has 2 heterocycles. The van der Waals surface area contributed by atoms with Crippen molar-refractivity contribution in [2.75, 3.05) is 26.2 Å². The van der Waals surface area contributed by atoms with Crippen molar-refractivity contribution in [2.24, 2.45) is 17.6 Å². The third-order valence-corrected chi connectivity index (χ3v) is 4.73. The monoisotopic (exact) mass is 254 g/mol. The van der Waals surface area contributed by atoms with Crippen LogP contribution in [0.1, 0.15) is 47.0 Å². The van der Waals surface area contributed by atoms with Crippen molar-refractivity contribution >= 4 is 0 Å². The van der Waals surface area contributed by atoms with Gasteiger partial charge >= 0.3 is 0 Å². The van der Waals surface area contributed by atoms with Gasteiger partial charge in [0.15, 0.2) is 0 Å². The summed E-state index contributed by atoms with van der Waals surface area (Å²) in [5.74, 6) is 1.59. The van der Waals surface area contributed by atoms with E-state index < -0.39 is 0 Å². The Morgan fingerprint density at radius 2 is 1.83 bits per heavy atom. The molecular weight excluding hydrogens is 224 g/mol. The van der Waals surface area contributed by atoms with Crippen molar-refractivity contribution in [3.63, 3.8) is 0 Å². The molecule has 0 aliphatic carbocycles. The van der Waals surface area contributed by atoms with E-state index in [1.54, 1.807) is 0 Å². The topological polar surface area (TPSA) is 38.5 Å². The number of ether oxygens (including phenoxy) is 1. The minimum absolute atomic E-state index is 0.0262. The second kappa shape index (κ2) is 5.10. The van der Waals surface area contributed by atoms with E-state index >= 15 is 0 Å². The van der Waals surface area contributed by atoms with Crippen LogP contribution in [-0.4, -0.2) is 42.3 Å². The zero-order valence-electron chi connectivity index (χ0n) is 12.5. The Balaban J connectivity index is 2.15. The van der Waals surface area contributed by atoms with Gasteiger partial charge in [0.2, 0.25) is 0 Å². The number of rotatable bonds is 2. The van der Waals surface area contributed by atoms with Crippen LogP contribution in [0.15, 0.2) is 0 Å². The van der Waals surface area contributed by atoms with Crippen LogP contribution in [0.5, 0.6) is 0 Å². The molecule has 2 rings (SSSR count). The summed E-state index contributed by atoms with van der Waals surface area (Å²) in [6.45, 7) is 13.2. The predicted octanol–water partition coefficient (Wildman–Crippen LogP) is 2.25. The van der Waals surface area contributed by atoms with E-state index in [-0.39, 0.29) is 11.1 Å². The lowest BCUT2D eigenvalue weighted by molar-refractivity contribution is -0.127. The van der Waals surface area contributed by atoms with E-state index in [4.69, 9.17) is 10.5 Å². The SMILES string of the molecule is CC1CC(C)CN(C2(CN)CCOC(C)(C)C2)C1. The standard InChI is InChI=1S/C15H30N2O/c1-12-7-13(2)9-17(8-12)15(11-16)5-6-18-14(3,4)10-15/h12-13H,5-11,16H2,1-4H3. The molecule has 3 unspecified atom stereocenters. The summed E-state index contributed by atoms with van der Waals surface area (Å²) in [6, 6.07) is 0. The van der Waals surface area contributed by atoms with Gasteiger partial charge in [0.05, 0.1) is 5.60 Å². The molecule has 2 aliphatic heterocycles. The van der Waals surface area contributed by atoms with E-state index in [1.807, 2.05) is 0 Å². The van der Waals surface area contributed by atoms with Gasteiger partial charge in [0, 0.05) is 31.8 Å². The molecule has 0 aromatic rings. The molecule has 0 aromatic heterocycles. The van der Waals surface area contributed by atoms with Crippen LogP contribution in [0.3, 0.4) is 0 Å². The molecule has 2 saturated heterocycles. The average Bonchev–Trinajstić information content (AvgIpc) is 2.26. The Hall–Kier alpha value is -0.120. The van der Waals surface area contributed by atoms with Crippen LogP contribution in [0.2, 0.25) is 0 Å². The molecule has 0 saturated carbocycles. The third-order valence-electron chi connectivity index (χ3n) is 4.73. The number of nitrogens with two attached hydrogens (primary N) is 1. The molecule has 3 atom stereocenters. The first-order valence-electron chi connectivity index (χ1n) is 7.46. The highest BCUT2D eigenvalue weighted by molar-refractivity contribution is 5.01. The molecule has 0 bridgehead atoms. The van der Waals surface area contributed by atoms with E-state index in [9.17, 15) is 0 Å². The highest BCUT2D eigenvalue weighted by Gasteiger charge is 2.45. The maximum absolute atomic E-state index is 6.18. The van der Waals surface area contributed by atoms with Gasteiger partial charge in [-0.3, -0.25) is 4.90 Å². The van der Waals surface area contributed by atoms with E-state index in [1.165, 1.54) is 19.5 Å². The molecule has 2 aliphatic rings. The Bertz CT molecular complexity index is 282. The molecule has 2 N–H and O–H groups in total. The van der Waals surface area contributed by atoms with Crippen LogP contribution in [0, 0.1) is 11.8 Å². The zero-order valence-corrected chi connectivity index (χ0v) is 12.5. The summed E-state index contributed by atoms with van der Waals surface area (Å²) >= 11 is 0. The van der Waals surface area contributed by atoms with Gasteiger partial charge in [-0.15, -0.1) is 0 Å².